The first-order chi connectivity index (χ1) is 10.3. The van der Waals surface area contributed by atoms with E-state index >= 15 is 0 Å². The van der Waals surface area contributed by atoms with Crippen molar-refractivity contribution in [2.45, 2.75) is 13.5 Å². The molecule has 0 aliphatic rings. The predicted molar refractivity (Wildman–Crippen MR) is 84.9 cm³/mol. The highest BCUT2D eigenvalue weighted by molar-refractivity contribution is 6.31. The smallest absolute Gasteiger partial charge is 0.161 e. The molecular weight excluding hydrogens is 284 g/mol. The van der Waals surface area contributed by atoms with Crippen LogP contribution in [0.4, 0.5) is 5.69 Å². The zero-order valence-corrected chi connectivity index (χ0v) is 12.4. The van der Waals surface area contributed by atoms with E-state index in [1.807, 2.05) is 54.1 Å². The highest BCUT2D eigenvalue weighted by atomic mass is 35.5. The number of pyridine rings is 1. The second kappa shape index (κ2) is 5.97. The van der Waals surface area contributed by atoms with Gasteiger partial charge in [-0.1, -0.05) is 29.8 Å². The Kier molecular flexibility index (Phi) is 3.88. The molecule has 0 saturated heterocycles. The van der Waals surface area contributed by atoms with Crippen LogP contribution in [0, 0.1) is 6.92 Å². The second-order valence-corrected chi connectivity index (χ2v) is 5.07. The summed E-state index contributed by atoms with van der Waals surface area (Å²) >= 11 is 6.18. The van der Waals surface area contributed by atoms with Gasteiger partial charge in [-0.3, -0.25) is 4.57 Å². The molecule has 106 valence electrons. The summed E-state index contributed by atoms with van der Waals surface area (Å²) in [5.41, 5.74) is 2.00. The lowest BCUT2D eigenvalue weighted by atomic mass is 10.2. The number of benzene rings is 1. The third-order valence-electron chi connectivity index (χ3n) is 3.27. The van der Waals surface area contributed by atoms with Crippen LogP contribution in [0.1, 0.15) is 11.4 Å². The van der Waals surface area contributed by atoms with E-state index in [1.54, 1.807) is 12.4 Å². The van der Waals surface area contributed by atoms with Gasteiger partial charge in [-0.15, -0.1) is 0 Å². The number of rotatable bonds is 4. The van der Waals surface area contributed by atoms with Gasteiger partial charge in [0.25, 0.3) is 0 Å². The van der Waals surface area contributed by atoms with Gasteiger partial charge in [-0.2, -0.15) is 0 Å². The predicted octanol–water partition coefficient (Wildman–Crippen LogP) is 3.84. The van der Waals surface area contributed by atoms with E-state index in [0.717, 1.165) is 27.9 Å². The maximum atomic E-state index is 6.18. The fourth-order valence-corrected chi connectivity index (χ4v) is 2.36. The Labute approximate surface area is 128 Å². The molecule has 2 heterocycles. The summed E-state index contributed by atoms with van der Waals surface area (Å²) in [5, 5.41) is 4.15. The highest BCUT2D eigenvalue weighted by Crippen LogP contribution is 2.21. The lowest BCUT2D eigenvalue weighted by Gasteiger charge is -2.13. The summed E-state index contributed by atoms with van der Waals surface area (Å²) in [6.45, 7) is 2.60. The molecule has 0 atom stereocenters. The Morgan fingerprint density at radius 2 is 1.95 bits per heavy atom. The van der Waals surface area contributed by atoms with Crippen molar-refractivity contribution in [3.05, 3.63) is 71.4 Å². The van der Waals surface area contributed by atoms with Gasteiger partial charge in [-0.05, 0) is 30.7 Å². The highest BCUT2D eigenvalue weighted by Gasteiger charge is 2.08. The molecule has 1 aromatic carbocycles. The largest absolute Gasteiger partial charge is 0.378 e. The molecular formula is C16H15ClN4. The van der Waals surface area contributed by atoms with Gasteiger partial charge in [0, 0.05) is 30.2 Å². The normalized spacial score (nSPS) is 10.6. The number of nitrogens with one attached hydrogen (secondary N) is 1. The summed E-state index contributed by atoms with van der Waals surface area (Å²) in [5.74, 6) is 1.73. The number of aryl methyl sites for hydroxylation is 1. The Bertz CT molecular complexity index is 751. The molecule has 0 aliphatic carbocycles. The number of hydrogen-bond acceptors (Lipinski definition) is 3. The van der Waals surface area contributed by atoms with Crippen molar-refractivity contribution in [2.75, 3.05) is 5.32 Å². The van der Waals surface area contributed by atoms with Gasteiger partial charge in [0.2, 0.25) is 0 Å². The third kappa shape index (κ3) is 2.90. The molecule has 0 fully saturated rings. The van der Waals surface area contributed by atoms with Crippen molar-refractivity contribution in [2.24, 2.45) is 0 Å². The van der Waals surface area contributed by atoms with E-state index in [0.29, 0.717) is 6.54 Å². The third-order valence-corrected chi connectivity index (χ3v) is 3.64. The average molecular weight is 299 g/mol. The minimum atomic E-state index is 0.645. The Hall–Kier alpha value is -2.33. The van der Waals surface area contributed by atoms with E-state index in [4.69, 9.17) is 11.6 Å². The molecule has 1 N–H and O–H groups in total. The molecule has 3 aromatic rings. The minimum absolute atomic E-state index is 0.645. The number of aromatic nitrogens is 3. The first-order valence-corrected chi connectivity index (χ1v) is 7.06. The first kappa shape index (κ1) is 13.6. The molecule has 5 heteroatoms. The zero-order chi connectivity index (χ0) is 14.7. The SMILES string of the molecule is Cc1nccn1-c1ncccc1NCc1ccccc1Cl. The summed E-state index contributed by atoms with van der Waals surface area (Å²) in [6.07, 6.45) is 5.44. The monoisotopic (exact) mass is 298 g/mol. The van der Waals surface area contributed by atoms with E-state index in [2.05, 4.69) is 15.3 Å². The topological polar surface area (TPSA) is 42.7 Å². The fourth-order valence-electron chi connectivity index (χ4n) is 2.16. The number of imidazole rings is 1. The van der Waals surface area contributed by atoms with Gasteiger partial charge >= 0.3 is 0 Å². The van der Waals surface area contributed by atoms with Gasteiger partial charge in [-0.25, -0.2) is 9.97 Å². The van der Waals surface area contributed by atoms with E-state index in [1.165, 1.54) is 0 Å². The van der Waals surface area contributed by atoms with Crippen molar-refractivity contribution in [1.29, 1.82) is 0 Å². The summed E-state index contributed by atoms with van der Waals surface area (Å²) in [7, 11) is 0. The van der Waals surface area contributed by atoms with Crippen molar-refractivity contribution < 1.29 is 0 Å². The molecule has 0 spiro atoms. The maximum Gasteiger partial charge on any atom is 0.161 e. The zero-order valence-electron chi connectivity index (χ0n) is 11.6. The molecule has 0 unspecified atom stereocenters. The standard InChI is InChI=1S/C16H15ClN4/c1-12-18-9-10-21(12)16-15(7-4-8-19-16)20-11-13-5-2-3-6-14(13)17/h2-10,20H,11H2,1H3. The maximum absolute atomic E-state index is 6.18. The summed E-state index contributed by atoms with van der Waals surface area (Å²) in [6, 6.07) is 11.7. The molecule has 2 aromatic heterocycles. The Morgan fingerprint density at radius 3 is 2.71 bits per heavy atom. The molecule has 4 nitrogen and oxygen atoms in total. The van der Waals surface area contributed by atoms with Gasteiger partial charge in [0.15, 0.2) is 5.82 Å². The van der Waals surface area contributed by atoms with Crippen molar-refractivity contribution >= 4 is 17.3 Å². The van der Waals surface area contributed by atoms with E-state index < -0.39 is 0 Å². The van der Waals surface area contributed by atoms with Crippen molar-refractivity contribution in [1.82, 2.24) is 14.5 Å². The van der Waals surface area contributed by atoms with Gasteiger partial charge in [0.1, 0.15) is 5.82 Å². The van der Waals surface area contributed by atoms with Crippen molar-refractivity contribution in [3.63, 3.8) is 0 Å². The molecule has 21 heavy (non-hydrogen) atoms. The summed E-state index contributed by atoms with van der Waals surface area (Å²) in [4.78, 5) is 8.68. The average Bonchev–Trinajstić information content (AvgIpc) is 2.93. The van der Waals surface area contributed by atoms with Crippen LogP contribution in [0.3, 0.4) is 0 Å². The van der Waals surface area contributed by atoms with Crippen LogP contribution in [0.25, 0.3) is 5.82 Å². The number of anilines is 1. The molecule has 0 amide bonds. The van der Waals surface area contributed by atoms with E-state index in [-0.39, 0.29) is 0 Å². The number of nitrogens with zero attached hydrogens (tertiary/aromatic N) is 3. The minimum Gasteiger partial charge on any atom is -0.378 e. The van der Waals surface area contributed by atoms with Crippen LogP contribution in [0.2, 0.25) is 5.02 Å². The van der Waals surface area contributed by atoms with Crippen LogP contribution in [0.5, 0.6) is 0 Å². The quantitative estimate of drug-likeness (QED) is 0.796. The fraction of sp³-hybridized carbons (Fsp3) is 0.125. The molecule has 3 rings (SSSR count). The summed E-state index contributed by atoms with van der Waals surface area (Å²) < 4.78 is 1.95. The van der Waals surface area contributed by atoms with Gasteiger partial charge < -0.3 is 5.32 Å². The van der Waals surface area contributed by atoms with Crippen molar-refractivity contribution in [3.8, 4) is 5.82 Å². The molecule has 0 aliphatic heterocycles. The van der Waals surface area contributed by atoms with Crippen LogP contribution in [0.15, 0.2) is 55.0 Å². The van der Waals surface area contributed by atoms with Crippen LogP contribution in [-0.2, 0) is 6.54 Å². The first-order valence-electron chi connectivity index (χ1n) is 6.68. The molecule has 0 saturated carbocycles. The Balaban J connectivity index is 1.87. The second-order valence-electron chi connectivity index (χ2n) is 4.66. The molecule has 0 radical (unpaired) electrons. The van der Waals surface area contributed by atoms with Gasteiger partial charge in [0.05, 0.1) is 5.69 Å². The van der Waals surface area contributed by atoms with Crippen LogP contribution in [-0.4, -0.2) is 14.5 Å². The van der Waals surface area contributed by atoms with Crippen LogP contribution >= 0.6 is 11.6 Å². The molecule has 0 bridgehead atoms. The van der Waals surface area contributed by atoms with E-state index in [9.17, 15) is 0 Å². The number of halogens is 1. The lowest BCUT2D eigenvalue weighted by molar-refractivity contribution is 0.929. The number of hydrogen-bond donors (Lipinski definition) is 1. The van der Waals surface area contributed by atoms with Crippen LogP contribution < -0.4 is 5.32 Å². The Morgan fingerprint density at radius 1 is 1.10 bits per heavy atom. The lowest BCUT2D eigenvalue weighted by Crippen LogP contribution is -2.07.